The standard InChI is InChI=1S/C22H31N5O3/c28-20(26-11-5-2-6-12-26)10-9-18-14-23-21(29)19-13-17(15-27(18)19)25-22(30)24-16-7-3-1-4-8-16/h1,3-4,7-8,17-19H,2,5-6,9-15H2,(H,23,29)(H2,24,25,30)/t17-,18-,19+/m1/s1. The van der Waals surface area contributed by atoms with Crippen LogP contribution in [0.15, 0.2) is 30.3 Å². The number of benzene rings is 1. The Labute approximate surface area is 177 Å². The maximum absolute atomic E-state index is 12.5. The van der Waals surface area contributed by atoms with Gasteiger partial charge in [-0.15, -0.1) is 0 Å². The van der Waals surface area contributed by atoms with E-state index in [1.807, 2.05) is 35.2 Å². The van der Waals surface area contributed by atoms with E-state index in [0.29, 0.717) is 25.9 Å². The molecule has 3 heterocycles. The van der Waals surface area contributed by atoms with Crippen molar-refractivity contribution in [2.24, 2.45) is 0 Å². The van der Waals surface area contributed by atoms with Gasteiger partial charge in [0.2, 0.25) is 11.8 Å². The highest BCUT2D eigenvalue weighted by Crippen LogP contribution is 2.26. The third-order valence-electron chi connectivity index (χ3n) is 6.39. The average molecular weight is 414 g/mol. The van der Waals surface area contributed by atoms with E-state index in [2.05, 4.69) is 20.9 Å². The van der Waals surface area contributed by atoms with Crippen LogP contribution in [-0.4, -0.2) is 71.9 Å². The molecule has 3 N–H and O–H groups in total. The van der Waals surface area contributed by atoms with E-state index in [1.54, 1.807) is 0 Å². The minimum Gasteiger partial charge on any atom is -0.353 e. The molecule has 162 valence electrons. The molecule has 1 aromatic carbocycles. The summed E-state index contributed by atoms with van der Waals surface area (Å²) >= 11 is 0. The smallest absolute Gasteiger partial charge is 0.319 e. The number of nitrogens with one attached hydrogen (secondary N) is 3. The number of piperazine rings is 1. The molecule has 1 aromatic rings. The monoisotopic (exact) mass is 413 g/mol. The average Bonchev–Trinajstić information content (AvgIpc) is 3.19. The third-order valence-corrected chi connectivity index (χ3v) is 6.39. The van der Waals surface area contributed by atoms with Crippen molar-refractivity contribution in [3.63, 3.8) is 0 Å². The van der Waals surface area contributed by atoms with Gasteiger partial charge in [0.25, 0.3) is 0 Å². The molecule has 8 heteroatoms. The van der Waals surface area contributed by atoms with Gasteiger partial charge in [-0.3, -0.25) is 14.5 Å². The Balaban J connectivity index is 1.29. The number of nitrogens with zero attached hydrogens (tertiary/aromatic N) is 2. The summed E-state index contributed by atoms with van der Waals surface area (Å²) in [5, 5.41) is 8.81. The number of anilines is 1. The Bertz CT molecular complexity index is 765. The third kappa shape index (κ3) is 4.92. The molecule has 4 amide bonds. The normalized spacial score (nSPS) is 26.6. The lowest BCUT2D eigenvalue weighted by atomic mass is 10.0. The predicted molar refractivity (Wildman–Crippen MR) is 114 cm³/mol. The molecule has 0 aromatic heterocycles. The summed E-state index contributed by atoms with van der Waals surface area (Å²) in [6.45, 7) is 2.93. The van der Waals surface area contributed by atoms with Crippen LogP contribution < -0.4 is 16.0 Å². The zero-order chi connectivity index (χ0) is 20.9. The van der Waals surface area contributed by atoms with Crippen molar-refractivity contribution < 1.29 is 14.4 Å². The van der Waals surface area contributed by atoms with Crippen LogP contribution in [0.1, 0.15) is 38.5 Å². The zero-order valence-electron chi connectivity index (χ0n) is 17.3. The first-order valence-corrected chi connectivity index (χ1v) is 11.0. The maximum Gasteiger partial charge on any atom is 0.319 e. The lowest BCUT2D eigenvalue weighted by Crippen LogP contribution is -2.58. The van der Waals surface area contributed by atoms with Gasteiger partial charge in [0.15, 0.2) is 0 Å². The molecule has 3 aliphatic rings. The Morgan fingerprint density at radius 2 is 1.87 bits per heavy atom. The molecule has 4 rings (SSSR count). The largest absolute Gasteiger partial charge is 0.353 e. The van der Waals surface area contributed by atoms with Crippen LogP contribution in [0.2, 0.25) is 0 Å². The van der Waals surface area contributed by atoms with E-state index < -0.39 is 0 Å². The summed E-state index contributed by atoms with van der Waals surface area (Å²) in [7, 11) is 0. The van der Waals surface area contributed by atoms with E-state index >= 15 is 0 Å². The number of para-hydroxylation sites is 1. The fourth-order valence-corrected chi connectivity index (χ4v) is 4.81. The molecule has 3 atom stereocenters. The second-order valence-electron chi connectivity index (χ2n) is 8.49. The number of carbonyl (C=O) groups excluding carboxylic acids is 3. The summed E-state index contributed by atoms with van der Waals surface area (Å²) in [6, 6.07) is 8.83. The van der Waals surface area contributed by atoms with E-state index in [0.717, 1.165) is 38.0 Å². The second-order valence-corrected chi connectivity index (χ2v) is 8.49. The molecule has 8 nitrogen and oxygen atoms in total. The van der Waals surface area contributed by atoms with Crippen LogP contribution in [0.5, 0.6) is 0 Å². The molecule has 0 spiro atoms. The lowest BCUT2D eigenvalue weighted by molar-refractivity contribution is -0.133. The highest BCUT2D eigenvalue weighted by Gasteiger charge is 2.43. The number of piperidine rings is 1. The number of hydrogen-bond donors (Lipinski definition) is 3. The van der Waals surface area contributed by atoms with Crippen LogP contribution in [0.3, 0.4) is 0 Å². The summed E-state index contributed by atoms with van der Waals surface area (Å²) in [5.74, 6) is 0.237. The molecular formula is C22H31N5O3. The predicted octanol–water partition coefficient (Wildman–Crippen LogP) is 1.54. The van der Waals surface area contributed by atoms with E-state index in [1.165, 1.54) is 6.42 Å². The number of carbonyl (C=O) groups is 3. The van der Waals surface area contributed by atoms with Crippen molar-refractivity contribution in [1.29, 1.82) is 0 Å². The van der Waals surface area contributed by atoms with Gasteiger partial charge in [0, 0.05) is 50.4 Å². The maximum atomic E-state index is 12.5. The van der Waals surface area contributed by atoms with Crippen LogP contribution in [-0.2, 0) is 9.59 Å². The Morgan fingerprint density at radius 3 is 2.63 bits per heavy atom. The quantitative estimate of drug-likeness (QED) is 0.683. The molecule has 0 aliphatic carbocycles. The number of hydrogen-bond acceptors (Lipinski definition) is 4. The fraction of sp³-hybridized carbons (Fsp3) is 0.591. The van der Waals surface area contributed by atoms with Crippen molar-refractivity contribution in [2.75, 3.05) is 31.5 Å². The fourth-order valence-electron chi connectivity index (χ4n) is 4.81. The van der Waals surface area contributed by atoms with Crippen molar-refractivity contribution >= 4 is 23.5 Å². The first-order valence-electron chi connectivity index (χ1n) is 11.0. The Morgan fingerprint density at radius 1 is 1.10 bits per heavy atom. The number of fused-ring (bicyclic) bond motifs is 1. The highest BCUT2D eigenvalue weighted by molar-refractivity contribution is 5.89. The second kappa shape index (κ2) is 9.47. The van der Waals surface area contributed by atoms with Crippen molar-refractivity contribution in [1.82, 2.24) is 20.4 Å². The van der Waals surface area contributed by atoms with Crippen molar-refractivity contribution in [2.45, 2.75) is 56.7 Å². The van der Waals surface area contributed by atoms with Crippen molar-refractivity contribution in [3.05, 3.63) is 30.3 Å². The van der Waals surface area contributed by atoms with E-state index in [9.17, 15) is 14.4 Å². The molecule has 0 radical (unpaired) electrons. The van der Waals surface area contributed by atoms with Gasteiger partial charge < -0.3 is 20.9 Å². The van der Waals surface area contributed by atoms with Gasteiger partial charge in [-0.05, 0) is 44.2 Å². The number of rotatable bonds is 5. The topological polar surface area (TPSA) is 93.8 Å². The van der Waals surface area contributed by atoms with E-state index in [4.69, 9.17) is 0 Å². The highest BCUT2D eigenvalue weighted by atomic mass is 16.2. The minimum atomic E-state index is -0.261. The molecule has 3 aliphatic heterocycles. The van der Waals surface area contributed by atoms with Crippen molar-refractivity contribution in [3.8, 4) is 0 Å². The van der Waals surface area contributed by atoms with Gasteiger partial charge in [-0.25, -0.2) is 4.79 Å². The molecule has 0 saturated carbocycles. The number of likely N-dealkylation sites (tertiary alicyclic amines) is 1. The Hall–Kier alpha value is -2.61. The first kappa shape index (κ1) is 20.7. The van der Waals surface area contributed by atoms with Crippen LogP contribution in [0.4, 0.5) is 10.5 Å². The molecule has 30 heavy (non-hydrogen) atoms. The summed E-state index contributed by atoms with van der Waals surface area (Å²) in [4.78, 5) is 41.4. The number of amides is 4. The van der Waals surface area contributed by atoms with Gasteiger partial charge in [0.1, 0.15) is 0 Å². The first-order chi connectivity index (χ1) is 14.6. The lowest BCUT2D eigenvalue weighted by Gasteiger charge is -2.37. The number of urea groups is 1. The van der Waals surface area contributed by atoms with Crippen LogP contribution in [0.25, 0.3) is 0 Å². The van der Waals surface area contributed by atoms with Crippen LogP contribution >= 0.6 is 0 Å². The molecule has 0 bridgehead atoms. The molecular weight excluding hydrogens is 382 g/mol. The molecule has 0 unspecified atom stereocenters. The van der Waals surface area contributed by atoms with Gasteiger partial charge in [-0.1, -0.05) is 18.2 Å². The van der Waals surface area contributed by atoms with Gasteiger partial charge >= 0.3 is 6.03 Å². The summed E-state index contributed by atoms with van der Waals surface area (Å²) in [6.07, 6.45) is 5.23. The van der Waals surface area contributed by atoms with E-state index in [-0.39, 0.29) is 36.0 Å². The SMILES string of the molecule is O=C(Nc1ccccc1)N[C@@H]1C[C@H]2C(=O)NC[C@@H](CCC(=O)N3CCCCC3)N2C1. The molecule has 3 saturated heterocycles. The summed E-state index contributed by atoms with van der Waals surface area (Å²) < 4.78 is 0. The van der Waals surface area contributed by atoms with Crippen LogP contribution in [0, 0.1) is 0 Å². The Kier molecular flexibility index (Phi) is 6.52. The zero-order valence-corrected chi connectivity index (χ0v) is 17.3. The van der Waals surface area contributed by atoms with Gasteiger partial charge in [-0.2, -0.15) is 0 Å². The molecule has 3 fully saturated rings. The van der Waals surface area contributed by atoms with Gasteiger partial charge in [0.05, 0.1) is 6.04 Å². The minimum absolute atomic E-state index is 0.0152. The summed E-state index contributed by atoms with van der Waals surface area (Å²) in [5.41, 5.74) is 0.734.